The second-order valence-electron chi connectivity index (χ2n) is 7.64. The molecule has 2 aromatic heterocycles. The molecule has 0 radical (unpaired) electrons. The van der Waals surface area contributed by atoms with Crippen molar-refractivity contribution in [2.45, 2.75) is 51.0 Å². The van der Waals surface area contributed by atoms with Crippen LogP contribution in [0.5, 0.6) is 0 Å². The number of nitrogens with zero attached hydrogens (tertiary/aromatic N) is 2. The lowest BCUT2D eigenvalue weighted by Crippen LogP contribution is -2.35. The fraction of sp³-hybridized carbons (Fsp3) is 0.381. The average molecular weight is 382 g/mol. The zero-order chi connectivity index (χ0) is 18.9. The minimum Gasteiger partial charge on any atom is -0.421 e. The normalized spacial score (nSPS) is 18.1. The van der Waals surface area contributed by atoms with Crippen LogP contribution < -0.4 is 5.32 Å². The smallest absolute Gasteiger partial charge is 0.248 e. The van der Waals surface area contributed by atoms with Crippen LogP contribution in [0.2, 0.25) is 0 Å². The molecule has 3 aromatic rings. The molecule has 1 atom stereocenters. The summed E-state index contributed by atoms with van der Waals surface area (Å²) in [6.07, 6.45) is 2.80. The Kier molecular flexibility index (Phi) is 4.83. The van der Waals surface area contributed by atoms with Gasteiger partial charge in [-0.2, -0.15) is 11.3 Å². The van der Waals surface area contributed by atoms with Gasteiger partial charge in [0.05, 0.1) is 6.04 Å². The minimum atomic E-state index is 0.0183. The van der Waals surface area contributed by atoms with Crippen molar-refractivity contribution >= 4 is 17.2 Å². The van der Waals surface area contributed by atoms with Gasteiger partial charge in [0.15, 0.2) is 0 Å². The fourth-order valence-corrected chi connectivity index (χ4v) is 4.34. The van der Waals surface area contributed by atoms with Crippen LogP contribution in [0.4, 0.5) is 0 Å². The Balaban J connectivity index is 1.38. The lowest BCUT2D eigenvalue weighted by Gasteiger charge is -2.37. The van der Waals surface area contributed by atoms with Gasteiger partial charge in [-0.15, -0.1) is 10.2 Å². The van der Waals surface area contributed by atoms with Crippen molar-refractivity contribution in [3.05, 3.63) is 58.1 Å². The molecule has 0 aliphatic heterocycles. The molecule has 1 amide bonds. The first-order valence-electron chi connectivity index (χ1n) is 9.27. The zero-order valence-electron chi connectivity index (χ0n) is 15.6. The van der Waals surface area contributed by atoms with Gasteiger partial charge in [-0.3, -0.25) is 4.79 Å². The third-order valence-electron chi connectivity index (χ3n) is 5.26. The molecule has 5 nitrogen and oxygen atoms in total. The van der Waals surface area contributed by atoms with E-state index in [0.29, 0.717) is 24.6 Å². The summed E-state index contributed by atoms with van der Waals surface area (Å²) in [5.41, 5.74) is 3.64. The third kappa shape index (κ3) is 3.81. The molecule has 0 spiro atoms. The minimum absolute atomic E-state index is 0.0183. The number of rotatable bonds is 5. The van der Waals surface area contributed by atoms with Gasteiger partial charge in [0.1, 0.15) is 0 Å². The maximum Gasteiger partial charge on any atom is 0.248 e. The molecule has 2 heterocycles. The summed E-state index contributed by atoms with van der Waals surface area (Å²) in [4.78, 5) is 12.5. The van der Waals surface area contributed by atoms with Crippen LogP contribution in [0, 0.1) is 0 Å². The Morgan fingerprint density at radius 1 is 1.30 bits per heavy atom. The second-order valence-corrected chi connectivity index (χ2v) is 8.42. The molecular formula is C21H23N3O2S. The molecule has 0 fully saturated rings. The molecule has 0 saturated heterocycles. The van der Waals surface area contributed by atoms with Crippen molar-refractivity contribution in [1.29, 1.82) is 0 Å². The van der Waals surface area contributed by atoms with Gasteiger partial charge in [0.2, 0.25) is 17.7 Å². The van der Waals surface area contributed by atoms with Crippen LogP contribution in [-0.4, -0.2) is 16.1 Å². The Bertz CT molecular complexity index is 931. The Labute approximate surface area is 162 Å². The molecule has 27 heavy (non-hydrogen) atoms. The zero-order valence-corrected chi connectivity index (χ0v) is 16.4. The highest BCUT2D eigenvalue weighted by molar-refractivity contribution is 7.08. The van der Waals surface area contributed by atoms with E-state index in [2.05, 4.69) is 47.6 Å². The number of amides is 1. The number of hydrogen-bond acceptors (Lipinski definition) is 5. The quantitative estimate of drug-likeness (QED) is 0.698. The van der Waals surface area contributed by atoms with E-state index in [1.54, 1.807) is 11.3 Å². The maximum atomic E-state index is 12.5. The topological polar surface area (TPSA) is 68.0 Å². The summed E-state index contributed by atoms with van der Waals surface area (Å²) in [5.74, 6) is 1.02. The molecule has 1 N–H and O–H groups in total. The third-order valence-corrected chi connectivity index (χ3v) is 5.94. The van der Waals surface area contributed by atoms with Crippen LogP contribution in [0.3, 0.4) is 0 Å². The molecule has 0 bridgehead atoms. The average Bonchev–Trinajstić information content (AvgIpc) is 3.34. The van der Waals surface area contributed by atoms with E-state index in [4.69, 9.17) is 4.42 Å². The molecule has 1 aromatic carbocycles. The van der Waals surface area contributed by atoms with E-state index >= 15 is 0 Å². The maximum absolute atomic E-state index is 12.5. The summed E-state index contributed by atoms with van der Waals surface area (Å²) in [6.45, 7) is 4.54. The number of aromatic nitrogens is 2. The largest absolute Gasteiger partial charge is 0.421 e. The van der Waals surface area contributed by atoms with Crippen molar-refractivity contribution in [3.63, 3.8) is 0 Å². The SMILES string of the molecule is CC1(C)CCC(NC(=O)CCc2nnc(-c3ccsc3)o2)c2ccccc21. The van der Waals surface area contributed by atoms with E-state index in [1.807, 2.05) is 22.9 Å². The molecule has 4 rings (SSSR count). The molecule has 1 aliphatic rings. The predicted octanol–water partition coefficient (Wildman–Crippen LogP) is 4.66. The van der Waals surface area contributed by atoms with Crippen molar-refractivity contribution in [1.82, 2.24) is 15.5 Å². The van der Waals surface area contributed by atoms with Crippen LogP contribution in [0.1, 0.15) is 56.2 Å². The molecular weight excluding hydrogens is 358 g/mol. The number of hydrogen-bond donors (Lipinski definition) is 1. The standard InChI is InChI=1S/C21H23N3O2S/c1-21(2)11-9-17(15-5-3-4-6-16(15)21)22-18(25)7-8-19-23-24-20(26-19)14-10-12-27-13-14/h3-6,10,12-13,17H,7-9,11H2,1-2H3,(H,22,25). The van der Waals surface area contributed by atoms with Gasteiger partial charge in [-0.1, -0.05) is 38.1 Å². The molecule has 6 heteroatoms. The number of carbonyl (C=O) groups is 1. The second kappa shape index (κ2) is 7.27. The van der Waals surface area contributed by atoms with Crippen LogP contribution >= 0.6 is 11.3 Å². The first-order valence-corrected chi connectivity index (χ1v) is 10.2. The summed E-state index contributed by atoms with van der Waals surface area (Å²) in [7, 11) is 0. The highest BCUT2D eigenvalue weighted by atomic mass is 32.1. The summed E-state index contributed by atoms with van der Waals surface area (Å²) in [5, 5.41) is 15.2. The number of fused-ring (bicyclic) bond motifs is 1. The number of aryl methyl sites for hydroxylation is 1. The van der Waals surface area contributed by atoms with Crippen LogP contribution in [0.25, 0.3) is 11.5 Å². The molecule has 140 valence electrons. The highest BCUT2D eigenvalue weighted by Gasteiger charge is 2.32. The van der Waals surface area contributed by atoms with Gasteiger partial charge >= 0.3 is 0 Å². The van der Waals surface area contributed by atoms with E-state index in [1.165, 1.54) is 11.1 Å². The van der Waals surface area contributed by atoms with Gasteiger partial charge in [-0.05, 0) is 40.8 Å². The molecule has 1 unspecified atom stereocenters. The van der Waals surface area contributed by atoms with Gasteiger partial charge in [0.25, 0.3) is 0 Å². The van der Waals surface area contributed by atoms with E-state index in [9.17, 15) is 4.79 Å². The lowest BCUT2D eigenvalue weighted by atomic mass is 9.71. The van der Waals surface area contributed by atoms with Gasteiger partial charge < -0.3 is 9.73 Å². The van der Waals surface area contributed by atoms with Crippen molar-refractivity contribution < 1.29 is 9.21 Å². The van der Waals surface area contributed by atoms with Crippen LogP contribution in [0.15, 0.2) is 45.5 Å². The van der Waals surface area contributed by atoms with E-state index in [0.717, 1.165) is 18.4 Å². The first-order chi connectivity index (χ1) is 13.0. The number of thiophene rings is 1. The first kappa shape index (κ1) is 17.9. The Morgan fingerprint density at radius 3 is 2.96 bits per heavy atom. The van der Waals surface area contributed by atoms with Crippen molar-refractivity contribution in [2.75, 3.05) is 0 Å². The predicted molar refractivity (Wildman–Crippen MR) is 106 cm³/mol. The summed E-state index contributed by atoms with van der Waals surface area (Å²) >= 11 is 1.58. The molecule has 1 aliphatic carbocycles. The summed E-state index contributed by atoms with van der Waals surface area (Å²) < 4.78 is 5.66. The lowest BCUT2D eigenvalue weighted by molar-refractivity contribution is -0.122. The van der Waals surface area contributed by atoms with Crippen LogP contribution in [-0.2, 0) is 16.6 Å². The number of benzene rings is 1. The summed E-state index contributed by atoms with van der Waals surface area (Å²) in [6, 6.07) is 10.4. The van der Waals surface area contributed by atoms with Crippen molar-refractivity contribution in [3.8, 4) is 11.5 Å². The molecule has 0 saturated carbocycles. The van der Waals surface area contributed by atoms with Crippen molar-refractivity contribution in [2.24, 2.45) is 0 Å². The van der Waals surface area contributed by atoms with E-state index < -0.39 is 0 Å². The fourth-order valence-electron chi connectivity index (χ4n) is 3.71. The highest BCUT2D eigenvalue weighted by Crippen LogP contribution is 2.41. The van der Waals surface area contributed by atoms with Gasteiger partial charge in [0, 0.05) is 23.8 Å². The Hall–Kier alpha value is -2.47. The monoisotopic (exact) mass is 381 g/mol. The van der Waals surface area contributed by atoms with Gasteiger partial charge in [-0.25, -0.2) is 0 Å². The van der Waals surface area contributed by atoms with E-state index in [-0.39, 0.29) is 17.4 Å². The number of carbonyl (C=O) groups excluding carboxylic acids is 1. The number of nitrogens with one attached hydrogen (secondary N) is 1. The Morgan fingerprint density at radius 2 is 2.15 bits per heavy atom.